The van der Waals surface area contributed by atoms with Crippen LogP contribution in [0.25, 0.3) is 0 Å². The fraction of sp³-hybridized carbons (Fsp3) is 0.294. The molecule has 1 atom stereocenters. The van der Waals surface area contributed by atoms with Gasteiger partial charge in [0, 0.05) is 9.85 Å². The molecule has 3 N–H and O–H groups in total. The maximum atomic E-state index is 12.1. The zero-order valence-corrected chi connectivity index (χ0v) is 15.4. The minimum absolute atomic E-state index is 0.0422. The number of nitrogens with one attached hydrogen (secondary N) is 1. The molecule has 1 aromatic carbocycles. The van der Waals surface area contributed by atoms with Gasteiger partial charge < -0.3 is 15.9 Å². The Hall–Kier alpha value is -1.86. The van der Waals surface area contributed by atoms with E-state index in [-0.39, 0.29) is 24.4 Å². The van der Waals surface area contributed by atoms with Crippen LogP contribution in [0.1, 0.15) is 34.9 Å². The van der Waals surface area contributed by atoms with Crippen molar-refractivity contribution in [3.63, 3.8) is 0 Å². The summed E-state index contributed by atoms with van der Waals surface area (Å²) in [6, 6.07) is 10.1. The number of carbonyl (C=O) groups is 1. The Morgan fingerprint density at radius 2 is 2.29 bits per heavy atom. The number of nitrogens with two attached hydrogens (primary N) is 1. The molecule has 1 aromatic heterocycles. The van der Waals surface area contributed by atoms with Gasteiger partial charge in [-0.05, 0) is 52.4 Å². The van der Waals surface area contributed by atoms with E-state index in [1.807, 2.05) is 23.6 Å². The van der Waals surface area contributed by atoms with Crippen molar-refractivity contribution in [2.24, 2.45) is 10.9 Å². The van der Waals surface area contributed by atoms with Crippen LogP contribution in [-0.2, 0) is 16.1 Å². The van der Waals surface area contributed by atoms with Crippen LogP contribution in [0.15, 0.2) is 45.3 Å². The third-order valence-corrected chi connectivity index (χ3v) is 5.60. The lowest BCUT2D eigenvalue weighted by molar-refractivity contribution is -0.126. The average Bonchev–Trinajstić information content (AvgIpc) is 3.02. The van der Waals surface area contributed by atoms with Gasteiger partial charge in [-0.3, -0.25) is 4.79 Å². The van der Waals surface area contributed by atoms with Gasteiger partial charge in [0.05, 0.1) is 10.9 Å². The van der Waals surface area contributed by atoms with Crippen molar-refractivity contribution < 1.29 is 9.63 Å². The van der Waals surface area contributed by atoms with Crippen LogP contribution in [0.5, 0.6) is 0 Å². The third kappa shape index (κ3) is 4.15. The molecule has 0 aliphatic heterocycles. The first-order valence-electron chi connectivity index (χ1n) is 7.70. The van der Waals surface area contributed by atoms with Gasteiger partial charge in [-0.15, -0.1) is 11.3 Å². The second-order valence-corrected chi connectivity index (χ2v) is 7.42. The molecule has 1 amide bonds. The maximum Gasteiger partial charge on any atom is 0.261 e. The number of amides is 1. The maximum absolute atomic E-state index is 12.1. The number of rotatable bonds is 5. The highest BCUT2D eigenvalue weighted by Gasteiger charge is 2.21. The van der Waals surface area contributed by atoms with Crippen molar-refractivity contribution in [1.82, 2.24) is 5.32 Å². The van der Waals surface area contributed by atoms with Crippen LogP contribution in [0.2, 0.25) is 0 Å². The molecule has 24 heavy (non-hydrogen) atoms. The molecule has 126 valence electrons. The molecule has 1 aliphatic rings. The van der Waals surface area contributed by atoms with E-state index in [2.05, 4.69) is 38.5 Å². The number of nitrogens with zero attached hydrogens (tertiary/aromatic N) is 1. The third-order valence-electron chi connectivity index (χ3n) is 3.88. The fourth-order valence-corrected chi connectivity index (χ4v) is 4.11. The number of thiophene rings is 1. The summed E-state index contributed by atoms with van der Waals surface area (Å²) in [7, 11) is 0. The summed E-state index contributed by atoms with van der Waals surface area (Å²) in [5.41, 5.74) is 8.33. The second kappa shape index (κ2) is 7.81. The van der Waals surface area contributed by atoms with Crippen molar-refractivity contribution in [3.05, 3.63) is 56.2 Å². The predicted octanol–water partition coefficient (Wildman–Crippen LogP) is 3.34. The molecule has 0 radical (unpaired) electrons. The SMILES string of the molecule is N/C(=N\OCC(=O)N[C@H]1CCCc2ccccc21)c1cc(Br)cs1. The van der Waals surface area contributed by atoms with Crippen molar-refractivity contribution in [2.45, 2.75) is 25.3 Å². The van der Waals surface area contributed by atoms with Crippen LogP contribution < -0.4 is 11.1 Å². The van der Waals surface area contributed by atoms with Crippen LogP contribution >= 0.6 is 27.3 Å². The lowest BCUT2D eigenvalue weighted by Gasteiger charge is -2.26. The number of benzene rings is 1. The summed E-state index contributed by atoms with van der Waals surface area (Å²) in [5.74, 6) is 0.0714. The largest absolute Gasteiger partial charge is 0.384 e. The monoisotopic (exact) mass is 407 g/mol. The Balaban J connectivity index is 1.53. The molecule has 7 heteroatoms. The zero-order valence-electron chi connectivity index (χ0n) is 13.0. The predicted molar refractivity (Wildman–Crippen MR) is 99.0 cm³/mol. The van der Waals surface area contributed by atoms with E-state index in [4.69, 9.17) is 10.6 Å². The number of fused-ring (bicyclic) bond motifs is 1. The van der Waals surface area contributed by atoms with E-state index in [9.17, 15) is 4.79 Å². The number of amidine groups is 1. The molecule has 1 heterocycles. The number of carbonyl (C=O) groups excluding carboxylic acids is 1. The minimum Gasteiger partial charge on any atom is -0.384 e. The standard InChI is InChI=1S/C17H18BrN3O2S/c18-12-8-15(24-10-12)17(19)21-23-9-16(22)20-14-7-3-5-11-4-1-2-6-13(11)14/h1-2,4,6,8,10,14H,3,5,7,9H2,(H2,19,21)(H,20,22)/t14-/m0/s1. The molecule has 0 saturated heterocycles. The molecule has 0 saturated carbocycles. The fourth-order valence-electron chi connectivity index (χ4n) is 2.79. The summed E-state index contributed by atoms with van der Waals surface area (Å²) in [5, 5.41) is 8.73. The highest BCUT2D eigenvalue weighted by molar-refractivity contribution is 9.10. The van der Waals surface area contributed by atoms with Gasteiger partial charge in [0.15, 0.2) is 12.4 Å². The molecular formula is C17H18BrN3O2S. The Morgan fingerprint density at radius 1 is 1.46 bits per heavy atom. The highest BCUT2D eigenvalue weighted by Crippen LogP contribution is 2.29. The van der Waals surface area contributed by atoms with Crippen molar-refractivity contribution in [3.8, 4) is 0 Å². The average molecular weight is 408 g/mol. The quantitative estimate of drug-likeness (QED) is 0.453. The molecular weight excluding hydrogens is 390 g/mol. The summed E-state index contributed by atoms with van der Waals surface area (Å²) >= 11 is 4.81. The lowest BCUT2D eigenvalue weighted by Crippen LogP contribution is -2.33. The van der Waals surface area contributed by atoms with E-state index in [1.54, 1.807) is 0 Å². The first-order valence-corrected chi connectivity index (χ1v) is 9.38. The molecule has 0 fully saturated rings. The molecule has 0 unspecified atom stereocenters. The number of halogens is 1. The van der Waals surface area contributed by atoms with Gasteiger partial charge in [-0.2, -0.15) is 0 Å². The Bertz CT molecular complexity index is 760. The van der Waals surface area contributed by atoms with Crippen LogP contribution in [0, 0.1) is 0 Å². The van der Waals surface area contributed by atoms with Gasteiger partial charge >= 0.3 is 0 Å². The van der Waals surface area contributed by atoms with Crippen molar-refractivity contribution in [2.75, 3.05) is 6.61 Å². The van der Waals surface area contributed by atoms with E-state index < -0.39 is 0 Å². The van der Waals surface area contributed by atoms with E-state index in [0.717, 1.165) is 28.6 Å². The first kappa shape index (κ1) is 17.0. The molecule has 5 nitrogen and oxygen atoms in total. The number of aryl methyl sites for hydroxylation is 1. The summed E-state index contributed by atoms with van der Waals surface area (Å²) in [6.07, 6.45) is 3.08. The van der Waals surface area contributed by atoms with Gasteiger partial charge in [0.1, 0.15) is 0 Å². The first-order chi connectivity index (χ1) is 11.6. The van der Waals surface area contributed by atoms with Crippen LogP contribution in [0.3, 0.4) is 0 Å². The number of oxime groups is 1. The number of hydrogen-bond donors (Lipinski definition) is 2. The topological polar surface area (TPSA) is 76.7 Å². The van der Waals surface area contributed by atoms with Gasteiger partial charge in [-0.1, -0.05) is 29.4 Å². The summed E-state index contributed by atoms with van der Waals surface area (Å²) in [6.45, 7) is -0.147. The normalized spacial score (nSPS) is 17.2. The van der Waals surface area contributed by atoms with Gasteiger partial charge in [0.25, 0.3) is 5.91 Å². The zero-order chi connectivity index (χ0) is 16.9. The van der Waals surface area contributed by atoms with Crippen LogP contribution in [0.4, 0.5) is 0 Å². The molecule has 2 aromatic rings. The van der Waals surface area contributed by atoms with E-state index in [0.29, 0.717) is 0 Å². The van der Waals surface area contributed by atoms with Gasteiger partial charge in [-0.25, -0.2) is 0 Å². The molecule has 1 aliphatic carbocycles. The highest BCUT2D eigenvalue weighted by atomic mass is 79.9. The van der Waals surface area contributed by atoms with Gasteiger partial charge in [0.2, 0.25) is 0 Å². The lowest BCUT2D eigenvalue weighted by atomic mass is 9.88. The van der Waals surface area contributed by atoms with Crippen molar-refractivity contribution >= 4 is 39.0 Å². The van der Waals surface area contributed by atoms with E-state index in [1.165, 1.54) is 22.5 Å². The Labute approximate surface area is 153 Å². The Kier molecular flexibility index (Phi) is 5.52. The smallest absolute Gasteiger partial charge is 0.261 e. The molecule has 0 bridgehead atoms. The van der Waals surface area contributed by atoms with Crippen molar-refractivity contribution in [1.29, 1.82) is 0 Å². The minimum atomic E-state index is -0.194. The summed E-state index contributed by atoms with van der Waals surface area (Å²) < 4.78 is 0.939. The molecule has 3 rings (SSSR count). The molecule has 0 spiro atoms. The van der Waals surface area contributed by atoms with Crippen LogP contribution in [-0.4, -0.2) is 18.3 Å². The number of hydrogen-bond acceptors (Lipinski definition) is 4. The van der Waals surface area contributed by atoms with E-state index >= 15 is 0 Å². The Morgan fingerprint density at radius 3 is 3.08 bits per heavy atom. The summed E-state index contributed by atoms with van der Waals surface area (Å²) in [4.78, 5) is 18.0. The second-order valence-electron chi connectivity index (χ2n) is 5.59.